The van der Waals surface area contributed by atoms with Gasteiger partial charge >= 0.3 is 0 Å². The Morgan fingerprint density at radius 3 is 3.00 bits per heavy atom. The van der Waals surface area contributed by atoms with Gasteiger partial charge in [-0.3, -0.25) is 19.8 Å². The molecule has 1 aliphatic carbocycles. The van der Waals surface area contributed by atoms with Gasteiger partial charge in [0.05, 0.1) is 28.6 Å². The average molecular weight is 430 g/mol. The zero-order chi connectivity index (χ0) is 21.1. The van der Waals surface area contributed by atoms with Crippen molar-refractivity contribution in [3.05, 3.63) is 40.6 Å². The lowest BCUT2D eigenvalue weighted by Crippen LogP contribution is -2.38. The van der Waals surface area contributed by atoms with Crippen LogP contribution in [0.1, 0.15) is 25.7 Å². The Kier molecular flexibility index (Phi) is 5.73. The normalized spacial score (nSPS) is 20.6. The zero-order valence-corrected chi connectivity index (χ0v) is 17.0. The molecule has 0 amide bonds. The van der Waals surface area contributed by atoms with E-state index in [0.29, 0.717) is 24.0 Å². The van der Waals surface area contributed by atoms with Crippen molar-refractivity contribution in [1.29, 1.82) is 5.41 Å². The number of hydrogen-bond donors (Lipinski definition) is 2. The lowest BCUT2D eigenvalue weighted by molar-refractivity contribution is 0.309. The highest BCUT2D eigenvalue weighted by atomic mass is 32.2. The van der Waals surface area contributed by atoms with Gasteiger partial charge in [-0.2, -0.15) is 9.29 Å². The highest BCUT2D eigenvalue weighted by Gasteiger charge is 2.40. The monoisotopic (exact) mass is 430 g/mol. The third-order valence-electron chi connectivity index (χ3n) is 4.98. The number of pyridine rings is 1. The number of aromatic amines is 1. The number of aliphatic imine (C=N–C) groups is 1. The van der Waals surface area contributed by atoms with Crippen LogP contribution in [0.2, 0.25) is 0 Å². The van der Waals surface area contributed by atoms with Crippen molar-refractivity contribution in [2.75, 3.05) is 13.1 Å². The largest absolute Gasteiger partial charge is 0.450 e. The summed E-state index contributed by atoms with van der Waals surface area (Å²) in [7, 11) is -3.20. The molecule has 4 rings (SSSR count). The first-order valence-electron chi connectivity index (χ1n) is 9.69. The molecule has 2 aromatic heterocycles. The number of hydrogen-bond acceptors (Lipinski definition) is 8. The van der Waals surface area contributed by atoms with Gasteiger partial charge in [0.25, 0.3) is 11.6 Å². The average Bonchev–Trinajstić information content (AvgIpc) is 3.59. The number of H-pyrrole nitrogens is 1. The van der Waals surface area contributed by atoms with Gasteiger partial charge in [-0.05, 0) is 37.3 Å². The lowest BCUT2D eigenvalue weighted by atomic mass is 10.1. The molecule has 0 bridgehead atoms. The van der Waals surface area contributed by atoms with E-state index in [-0.39, 0.29) is 16.8 Å². The Balaban J connectivity index is 1.43. The Labute approximate surface area is 173 Å². The smallest absolute Gasteiger partial charge is 0.298 e. The fraction of sp³-hybridized carbons (Fsp3) is 0.421. The minimum absolute atomic E-state index is 0.0347. The fourth-order valence-electron chi connectivity index (χ4n) is 3.26. The molecule has 0 spiro atoms. The van der Waals surface area contributed by atoms with Gasteiger partial charge in [-0.25, -0.2) is 8.42 Å². The van der Waals surface area contributed by atoms with E-state index in [2.05, 4.69) is 19.9 Å². The van der Waals surface area contributed by atoms with E-state index >= 15 is 0 Å². The number of nitrogens with one attached hydrogen (secondary N) is 2. The molecule has 1 unspecified atom stereocenters. The van der Waals surface area contributed by atoms with Crippen LogP contribution in [0.3, 0.4) is 0 Å². The first kappa shape index (κ1) is 20.4. The quantitative estimate of drug-likeness (QED) is 0.633. The van der Waals surface area contributed by atoms with Gasteiger partial charge < -0.3 is 10.1 Å². The number of piperidine rings is 1. The van der Waals surface area contributed by atoms with Crippen LogP contribution in [0.5, 0.6) is 6.01 Å². The van der Waals surface area contributed by atoms with Crippen LogP contribution in [0, 0.1) is 5.41 Å². The van der Waals surface area contributed by atoms with E-state index in [9.17, 15) is 13.2 Å². The molecule has 2 aliphatic rings. The predicted molar refractivity (Wildman–Crippen MR) is 113 cm³/mol. The third-order valence-corrected chi connectivity index (χ3v) is 7.32. The van der Waals surface area contributed by atoms with Gasteiger partial charge in [0, 0.05) is 31.7 Å². The number of sulfonamides is 1. The van der Waals surface area contributed by atoms with Crippen molar-refractivity contribution in [2.24, 2.45) is 4.99 Å². The number of rotatable bonds is 7. The molecular formula is C19H22N6O4S. The summed E-state index contributed by atoms with van der Waals surface area (Å²) in [5.41, 5.74) is 0.936. The molecule has 30 heavy (non-hydrogen) atoms. The van der Waals surface area contributed by atoms with Crippen LogP contribution in [-0.4, -0.2) is 64.5 Å². The van der Waals surface area contributed by atoms with Crippen molar-refractivity contribution in [3.63, 3.8) is 0 Å². The summed E-state index contributed by atoms with van der Waals surface area (Å²) in [6.07, 6.45) is 9.20. The van der Waals surface area contributed by atoms with Crippen LogP contribution < -0.4 is 10.3 Å². The van der Waals surface area contributed by atoms with Crippen LogP contribution in [-0.2, 0) is 10.0 Å². The SMILES string of the molecule is N=CC(C=N/C=C1/CCCN(S(=O)(=O)C2CC2)C1)Oc1nc2cnccc2c(=O)[nH]1. The van der Waals surface area contributed by atoms with Crippen LogP contribution in [0.15, 0.2) is 40.0 Å². The van der Waals surface area contributed by atoms with Gasteiger partial charge in [-0.1, -0.05) is 0 Å². The Bertz CT molecular complexity index is 1170. The van der Waals surface area contributed by atoms with Crippen LogP contribution in [0.4, 0.5) is 0 Å². The van der Waals surface area contributed by atoms with E-state index in [0.717, 1.165) is 37.5 Å². The molecule has 1 saturated carbocycles. The molecule has 1 aliphatic heterocycles. The molecule has 2 N–H and O–H groups in total. The number of fused-ring (bicyclic) bond motifs is 1. The van der Waals surface area contributed by atoms with E-state index in [1.807, 2.05) is 0 Å². The van der Waals surface area contributed by atoms with Crippen LogP contribution >= 0.6 is 0 Å². The summed E-state index contributed by atoms with van der Waals surface area (Å²) >= 11 is 0. The molecular weight excluding hydrogens is 408 g/mol. The summed E-state index contributed by atoms with van der Waals surface area (Å²) < 4.78 is 31.9. The molecule has 1 atom stereocenters. The first-order valence-corrected chi connectivity index (χ1v) is 11.2. The molecule has 3 heterocycles. The second-order valence-corrected chi connectivity index (χ2v) is 9.49. The minimum atomic E-state index is -3.20. The van der Waals surface area contributed by atoms with Crippen molar-refractivity contribution in [3.8, 4) is 6.01 Å². The van der Waals surface area contributed by atoms with Gasteiger partial charge in [0.1, 0.15) is 0 Å². The minimum Gasteiger partial charge on any atom is -0.450 e. The second kappa shape index (κ2) is 8.44. The topological polar surface area (TPSA) is 141 Å². The fourth-order valence-corrected chi connectivity index (χ4v) is 5.14. The number of ether oxygens (including phenoxy) is 1. The molecule has 2 aromatic rings. The summed E-state index contributed by atoms with van der Waals surface area (Å²) in [6.45, 7) is 0.890. The van der Waals surface area contributed by atoms with E-state index < -0.39 is 16.1 Å². The molecule has 0 aromatic carbocycles. The first-order chi connectivity index (χ1) is 14.5. The zero-order valence-electron chi connectivity index (χ0n) is 16.2. The van der Waals surface area contributed by atoms with Crippen molar-refractivity contribution < 1.29 is 13.2 Å². The standard InChI is InChI=1S/C19H22N6O4S/c20-8-14(29-19-23-17-11-21-6-5-16(17)18(26)24-19)10-22-9-13-2-1-7-25(12-13)30(27,28)15-3-4-15/h5-6,8-11,14-15,20H,1-4,7,12H2,(H,23,24,26)/b13-9-,20-8?,22-10?. The molecule has 10 nitrogen and oxygen atoms in total. The molecule has 158 valence electrons. The van der Waals surface area contributed by atoms with Crippen molar-refractivity contribution >= 4 is 33.4 Å². The maximum Gasteiger partial charge on any atom is 0.298 e. The Hall–Kier alpha value is -2.92. The van der Waals surface area contributed by atoms with E-state index in [1.165, 1.54) is 22.9 Å². The predicted octanol–water partition coefficient (Wildman–Crippen LogP) is 1.26. The van der Waals surface area contributed by atoms with E-state index in [1.54, 1.807) is 12.3 Å². The van der Waals surface area contributed by atoms with Gasteiger partial charge in [0.15, 0.2) is 6.10 Å². The van der Waals surface area contributed by atoms with Gasteiger partial charge in [0.2, 0.25) is 10.0 Å². The summed E-state index contributed by atoms with van der Waals surface area (Å²) in [5.74, 6) is 0. The summed E-state index contributed by atoms with van der Waals surface area (Å²) in [4.78, 5) is 27.0. The molecule has 2 fully saturated rings. The Morgan fingerprint density at radius 2 is 2.23 bits per heavy atom. The lowest BCUT2D eigenvalue weighted by Gasteiger charge is -2.27. The second-order valence-electron chi connectivity index (χ2n) is 7.28. The third kappa shape index (κ3) is 4.46. The van der Waals surface area contributed by atoms with E-state index in [4.69, 9.17) is 10.1 Å². The van der Waals surface area contributed by atoms with Crippen molar-refractivity contribution in [2.45, 2.75) is 37.0 Å². The number of aromatic nitrogens is 3. The van der Waals surface area contributed by atoms with Gasteiger partial charge in [-0.15, -0.1) is 0 Å². The maximum absolute atomic E-state index is 12.4. The van der Waals surface area contributed by atoms with Crippen LogP contribution in [0.25, 0.3) is 10.9 Å². The van der Waals surface area contributed by atoms with Crippen molar-refractivity contribution in [1.82, 2.24) is 19.3 Å². The number of nitrogens with zero attached hydrogens (tertiary/aromatic N) is 4. The molecule has 11 heteroatoms. The summed E-state index contributed by atoms with van der Waals surface area (Å²) in [6, 6.07) is 1.52. The highest BCUT2D eigenvalue weighted by Crippen LogP contribution is 2.33. The Morgan fingerprint density at radius 1 is 1.40 bits per heavy atom. The molecule has 1 saturated heterocycles. The maximum atomic E-state index is 12.4. The highest BCUT2D eigenvalue weighted by molar-refractivity contribution is 7.90. The molecule has 0 radical (unpaired) electrons. The summed E-state index contributed by atoms with van der Waals surface area (Å²) in [5, 5.41) is 7.71.